The number of Topliss-reactive ketones (excluding diaryl/α,β-unsaturated/α-hetero) is 1. The molecule has 0 saturated carbocycles. The van der Waals surface area contributed by atoms with Gasteiger partial charge in [0, 0.05) is 0 Å². The van der Waals surface area contributed by atoms with Gasteiger partial charge in [0.1, 0.15) is 11.2 Å². The summed E-state index contributed by atoms with van der Waals surface area (Å²) in [7, 11) is 0. The second-order valence-electron chi connectivity index (χ2n) is 3.55. The summed E-state index contributed by atoms with van der Waals surface area (Å²) in [6.07, 6.45) is 0. The Morgan fingerprint density at radius 1 is 1.43 bits per heavy atom. The van der Waals surface area contributed by atoms with Gasteiger partial charge in [0.25, 0.3) is 0 Å². The van der Waals surface area contributed by atoms with Gasteiger partial charge in [0.15, 0.2) is 5.78 Å². The predicted molar refractivity (Wildman–Crippen MR) is 50.1 cm³/mol. The summed E-state index contributed by atoms with van der Waals surface area (Å²) in [5.74, 6) is -1.07. The largest absolute Gasteiger partial charge is 0.292 e. The minimum atomic E-state index is -1.18. The van der Waals surface area contributed by atoms with Gasteiger partial charge in [-0.15, -0.1) is 0 Å². The van der Waals surface area contributed by atoms with Gasteiger partial charge in [-0.3, -0.25) is 4.79 Å². The molecule has 1 aromatic rings. The van der Waals surface area contributed by atoms with Gasteiger partial charge in [-0.05, 0) is 26.0 Å². The van der Waals surface area contributed by atoms with E-state index in [2.05, 4.69) is 0 Å². The van der Waals surface area contributed by atoms with Crippen molar-refractivity contribution in [3.63, 3.8) is 0 Å². The molecule has 0 unspecified atom stereocenters. The van der Waals surface area contributed by atoms with E-state index in [4.69, 9.17) is 5.26 Å². The van der Waals surface area contributed by atoms with Crippen LogP contribution in [0.2, 0.25) is 0 Å². The van der Waals surface area contributed by atoms with Crippen molar-refractivity contribution >= 4 is 5.78 Å². The summed E-state index contributed by atoms with van der Waals surface area (Å²) in [6, 6.07) is 7.52. The Kier molecular flexibility index (Phi) is 2.66. The summed E-state index contributed by atoms with van der Waals surface area (Å²) in [5, 5.41) is 8.72. The minimum Gasteiger partial charge on any atom is -0.292 e. The van der Waals surface area contributed by atoms with Gasteiger partial charge in [-0.2, -0.15) is 5.26 Å². The van der Waals surface area contributed by atoms with Gasteiger partial charge in [0.05, 0.1) is 11.6 Å². The number of benzene rings is 1. The van der Waals surface area contributed by atoms with Crippen LogP contribution in [0.4, 0.5) is 4.39 Å². The molecule has 0 bridgehead atoms. The number of hydrogen-bond acceptors (Lipinski definition) is 2. The molecule has 0 aliphatic carbocycles. The first-order valence-corrected chi connectivity index (χ1v) is 4.19. The molecule has 0 atom stereocenters. The average Bonchev–Trinajstić information content (AvgIpc) is 2.17. The molecule has 0 saturated heterocycles. The Hall–Kier alpha value is -1.69. The van der Waals surface area contributed by atoms with Gasteiger partial charge < -0.3 is 0 Å². The van der Waals surface area contributed by atoms with Crippen molar-refractivity contribution in [1.29, 1.82) is 5.26 Å². The fourth-order valence-electron chi connectivity index (χ4n) is 1.03. The van der Waals surface area contributed by atoms with E-state index >= 15 is 0 Å². The molecule has 0 amide bonds. The third-order valence-electron chi connectivity index (χ3n) is 1.97. The number of carbonyl (C=O) groups excluding carboxylic acids is 1. The summed E-state index contributed by atoms with van der Waals surface area (Å²) in [4.78, 5) is 11.7. The zero-order chi connectivity index (χ0) is 10.8. The lowest BCUT2D eigenvalue weighted by atomic mass is 9.86. The van der Waals surface area contributed by atoms with Crippen LogP contribution in [0, 0.1) is 22.6 Å². The monoisotopic (exact) mass is 191 g/mol. The Morgan fingerprint density at radius 3 is 2.50 bits per heavy atom. The number of hydrogen-bond donors (Lipinski definition) is 0. The highest BCUT2D eigenvalue weighted by molar-refractivity contribution is 6.01. The van der Waals surface area contributed by atoms with Crippen molar-refractivity contribution < 1.29 is 9.18 Å². The van der Waals surface area contributed by atoms with Crippen molar-refractivity contribution in [3.05, 3.63) is 35.6 Å². The lowest BCUT2D eigenvalue weighted by Gasteiger charge is -2.13. The molecular weight excluding hydrogens is 181 g/mol. The number of nitrogens with zero attached hydrogens (tertiary/aromatic N) is 1. The molecule has 3 heteroatoms. The van der Waals surface area contributed by atoms with Gasteiger partial charge in [-0.25, -0.2) is 4.39 Å². The van der Waals surface area contributed by atoms with E-state index in [1.54, 1.807) is 6.07 Å². The fraction of sp³-hybridized carbons (Fsp3) is 0.273. The molecule has 1 aromatic carbocycles. The molecule has 0 N–H and O–H groups in total. The Morgan fingerprint density at radius 2 is 2.00 bits per heavy atom. The van der Waals surface area contributed by atoms with E-state index in [0.717, 1.165) is 0 Å². The van der Waals surface area contributed by atoms with E-state index < -0.39 is 17.0 Å². The first-order valence-electron chi connectivity index (χ1n) is 4.19. The van der Waals surface area contributed by atoms with E-state index in [9.17, 15) is 9.18 Å². The lowest BCUT2D eigenvalue weighted by Crippen LogP contribution is -2.23. The molecule has 2 nitrogen and oxygen atoms in total. The third kappa shape index (κ3) is 1.80. The van der Waals surface area contributed by atoms with Crippen molar-refractivity contribution in [2.75, 3.05) is 0 Å². The maximum Gasteiger partial charge on any atom is 0.185 e. The number of carbonyl (C=O) groups is 1. The molecule has 0 fully saturated rings. The van der Waals surface area contributed by atoms with Crippen molar-refractivity contribution in [2.45, 2.75) is 13.8 Å². The molecule has 0 aliphatic rings. The van der Waals surface area contributed by atoms with Crippen molar-refractivity contribution in [1.82, 2.24) is 0 Å². The van der Waals surface area contributed by atoms with Crippen LogP contribution in [0.3, 0.4) is 0 Å². The van der Waals surface area contributed by atoms with Crippen molar-refractivity contribution in [3.8, 4) is 6.07 Å². The van der Waals surface area contributed by atoms with Crippen LogP contribution >= 0.6 is 0 Å². The molecule has 14 heavy (non-hydrogen) atoms. The van der Waals surface area contributed by atoms with Crippen LogP contribution in [0.15, 0.2) is 24.3 Å². The highest BCUT2D eigenvalue weighted by atomic mass is 19.1. The molecule has 1 rings (SSSR count). The fourth-order valence-corrected chi connectivity index (χ4v) is 1.03. The zero-order valence-electron chi connectivity index (χ0n) is 8.04. The first-order chi connectivity index (χ1) is 6.49. The van der Waals surface area contributed by atoms with E-state index in [1.165, 1.54) is 32.0 Å². The standard InChI is InChI=1S/C11H10FNO/c1-11(2,7-13)10(14)8-5-3-4-6-9(8)12/h3-6H,1-2H3. The molecule has 0 radical (unpaired) electrons. The topological polar surface area (TPSA) is 40.9 Å². The van der Waals surface area contributed by atoms with Gasteiger partial charge in [0.2, 0.25) is 0 Å². The van der Waals surface area contributed by atoms with Crippen LogP contribution in [0.25, 0.3) is 0 Å². The molecular formula is C11H10FNO. The second kappa shape index (κ2) is 3.59. The number of nitriles is 1. The predicted octanol–water partition coefficient (Wildman–Crippen LogP) is 2.56. The second-order valence-corrected chi connectivity index (χ2v) is 3.55. The average molecular weight is 191 g/mol. The van der Waals surface area contributed by atoms with Crippen LogP contribution < -0.4 is 0 Å². The summed E-state index contributed by atoms with van der Waals surface area (Å²) < 4.78 is 13.2. The Labute approximate surface area is 82.0 Å². The van der Waals surface area contributed by atoms with Crippen LogP contribution in [-0.4, -0.2) is 5.78 Å². The highest BCUT2D eigenvalue weighted by Gasteiger charge is 2.29. The van der Waals surface area contributed by atoms with Crippen molar-refractivity contribution in [2.24, 2.45) is 5.41 Å². The maximum atomic E-state index is 13.2. The summed E-state index contributed by atoms with van der Waals surface area (Å²) in [5.41, 5.74) is -1.21. The quantitative estimate of drug-likeness (QED) is 0.674. The number of rotatable bonds is 2. The summed E-state index contributed by atoms with van der Waals surface area (Å²) in [6.45, 7) is 2.95. The lowest BCUT2D eigenvalue weighted by molar-refractivity contribution is 0.0887. The smallest absolute Gasteiger partial charge is 0.185 e. The molecule has 0 aliphatic heterocycles. The van der Waals surface area contributed by atoms with Crippen LogP contribution in [0.5, 0.6) is 0 Å². The van der Waals surface area contributed by atoms with Crippen LogP contribution in [-0.2, 0) is 0 Å². The minimum absolute atomic E-state index is 0.0287. The zero-order valence-corrected chi connectivity index (χ0v) is 8.04. The first kappa shape index (κ1) is 10.4. The van der Waals surface area contributed by atoms with Crippen LogP contribution in [0.1, 0.15) is 24.2 Å². The van der Waals surface area contributed by atoms with E-state index in [0.29, 0.717) is 0 Å². The van der Waals surface area contributed by atoms with Gasteiger partial charge in [-0.1, -0.05) is 12.1 Å². The third-order valence-corrected chi connectivity index (χ3v) is 1.97. The Bertz CT molecular complexity index is 404. The SMILES string of the molecule is CC(C)(C#N)C(=O)c1ccccc1F. The molecule has 72 valence electrons. The molecule has 0 heterocycles. The maximum absolute atomic E-state index is 13.2. The number of ketones is 1. The van der Waals surface area contributed by atoms with E-state index in [1.807, 2.05) is 6.07 Å². The number of halogens is 1. The van der Waals surface area contributed by atoms with Gasteiger partial charge >= 0.3 is 0 Å². The molecule has 0 aromatic heterocycles. The summed E-state index contributed by atoms with van der Waals surface area (Å²) >= 11 is 0. The Balaban J connectivity index is 3.16. The van der Waals surface area contributed by atoms with E-state index in [-0.39, 0.29) is 5.56 Å². The molecule has 0 spiro atoms. The highest BCUT2D eigenvalue weighted by Crippen LogP contribution is 2.22. The normalized spacial score (nSPS) is 10.7.